The number of nitrogens with one attached hydrogen (secondary N) is 3. The number of ether oxygens (including phenoxy) is 2. The number of urea groups is 1. The maximum absolute atomic E-state index is 13.2. The minimum Gasteiger partial charge on any atom is -0.493 e. The van der Waals surface area contributed by atoms with Gasteiger partial charge in [-0.3, -0.25) is 0 Å². The Balaban J connectivity index is 1.15. The summed E-state index contributed by atoms with van der Waals surface area (Å²) in [5.41, 5.74) is 0.681. The van der Waals surface area contributed by atoms with Crippen LogP contribution in [0.4, 0.5) is 40.3 Å². The van der Waals surface area contributed by atoms with Gasteiger partial charge in [-0.2, -0.15) is 13.2 Å². The molecule has 1 aliphatic rings. The van der Waals surface area contributed by atoms with Crippen molar-refractivity contribution in [3.05, 3.63) is 65.4 Å². The number of nitrogens with zero attached hydrogens (tertiary/aromatic N) is 4. The molecule has 0 saturated carbocycles. The number of carbonyl (C=O) groups is 1. The number of hydrogen-bond donors (Lipinski definition) is 3. The molecule has 0 spiro atoms. The van der Waals surface area contributed by atoms with Gasteiger partial charge in [0.05, 0.1) is 40.0 Å². The second-order valence-electron chi connectivity index (χ2n) is 10.6. The summed E-state index contributed by atoms with van der Waals surface area (Å²) in [7, 11) is 1.59. The van der Waals surface area contributed by atoms with E-state index in [1.807, 2.05) is 12.1 Å². The Hall–Kier alpha value is -4.40. The molecule has 10 nitrogen and oxygen atoms in total. The average molecular weight is 672 g/mol. The molecule has 0 unspecified atom stereocenters. The first-order valence-electron chi connectivity index (χ1n) is 14.5. The maximum Gasteiger partial charge on any atom is 0.417 e. The topological polar surface area (TPSA) is 114 Å². The van der Waals surface area contributed by atoms with Gasteiger partial charge in [0.25, 0.3) is 0 Å². The molecule has 3 aromatic carbocycles. The Morgan fingerprint density at radius 1 is 1.00 bits per heavy atom. The van der Waals surface area contributed by atoms with Crippen molar-refractivity contribution in [3.8, 4) is 11.5 Å². The second-order valence-corrected chi connectivity index (χ2v) is 12.0. The van der Waals surface area contributed by atoms with Gasteiger partial charge >= 0.3 is 12.2 Å². The minimum absolute atomic E-state index is 0.0510. The first-order valence-corrected chi connectivity index (χ1v) is 15.7. The van der Waals surface area contributed by atoms with Gasteiger partial charge < -0.3 is 30.3 Å². The normalized spacial score (nSPS) is 13.7. The first kappa shape index (κ1) is 31.6. The van der Waals surface area contributed by atoms with Crippen molar-refractivity contribution in [2.75, 3.05) is 49.3 Å². The van der Waals surface area contributed by atoms with Gasteiger partial charge in [-0.05, 0) is 74.8 Å². The van der Waals surface area contributed by atoms with E-state index in [2.05, 4.69) is 35.8 Å². The second kappa shape index (κ2) is 13.5. The van der Waals surface area contributed by atoms with E-state index in [4.69, 9.17) is 21.1 Å². The largest absolute Gasteiger partial charge is 0.493 e. The zero-order valence-electron chi connectivity index (χ0n) is 24.6. The molecule has 46 heavy (non-hydrogen) atoms. The van der Waals surface area contributed by atoms with E-state index >= 15 is 0 Å². The van der Waals surface area contributed by atoms with Crippen molar-refractivity contribution < 1.29 is 27.4 Å². The molecule has 3 heterocycles. The van der Waals surface area contributed by atoms with Gasteiger partial charge in [-0.15, -0.1) is 0 Å². The molecule has 1 fully saturated rings. The number of hydrogen-bond acceptors (Lipinski definition) is 9. The number of alkyl halides is 3. The Morgan fingerprint density at radius 2 is 1.76 bits per heavy atom. The van der Waals surface area contributed by atoms with E-state index in [1.165, 1.54) is 36.6 Å². The lowest BCUT2D eigenvalue weighted by atomic mass is 10.2. The zero-order chi connectivity index (χ0) is 32.3. The fraction of sp³-hybridized carbons (Fsp3) is 0.290. The summed E-state index contributed by atoms with van der Waals surface area (Å²) in [5, 5.41) is 9.15. The Labute approximate surface area is 270 Å². The van der Waals surface area contributed by atoms with Crippen LogP contribution in [0.25, 0.3) is 21.1 Å². The molecule has 0 radical (unpaired) electrons. The lowest BCUT2D eigenvalue weighted by molar-refractivity contribution is -0.137. The summed E-state index contributed by atoms with van der Waals surface area (Å²) in [6, 6.07) is 11.2. The fourth-order valence-corrected chi connectivity index (χ4v) is 6.31. The average Bonchev–Trinajstić information content (AvgIpc) is 3.69. The summed E-state index contributed by atoms with van der Waals surface area (Å²) >= 11 is 7.01. The standard InChI is InChI=1S/C31H29ClF3N7O3S/c1-44-25-16-24-20(15-26(25)45-12-4-11-42-9-2-3-10-42)28(37-17-36-24)41-30-40-23-8-6-19(14-27(23)46-30)39-29(43)38-18-5-7-22(32)21(13-18)31(33,34)35/h5-8,13-17H,2-4,9-12H2,1H3,(H2,38,39,43)(H,36,37,40,41). The van der Waals surface area contributed by atoms with E-state index in [0.29, 0.717) is 45.8 Å². The number of anilines is 4. The van der Waals surface area contributed by atoms with Gasteiger partial charge in [0, 0.05) is 29.4 Å². The summed E-state index contributed by atoms with van der Waals surface area (Å²) in [6.45, 7) is 3.83. The monoisotopic (exact) mass is 671 g/mol. The van der Waals surface area contributed by atoms with E-state index < -0.39 is 22.8 Å². The Bertz CT molecular complexity index is 1880. The van der Waals surface area contributed by atoms with E-state index in [1.54, 1.807) is 25.3 Å². The number of fused-ring (bicyclic) bond motifs is 2. The third kappa shape index (κ3) is 7.35. The highest BCUT2D eigenvalue weighted by atomic mass is 35.5. The van der Waals surface area contributed by atoms with E-state index in [9.17, 15) is 18.0 Å². The SMILES string of the molecule is COc1cc2ncnc(Nc3nc4ccc(NC(=O)Nc5ccc(Cl)c(C(F)(F)F)c5)cc4s3)c2cc1OCCCN1CCCC1. The molecule has 240 valence electrons. The minimum atomic E-state index is -4.65. The highest BCUT2D eigenvalue weighted by Gasteiger charge is 2.33. The molecule has 6 rings (SSSR count). The van der Waals surface area contributed by atoms with Crippen molar-refractivity contribution in [1.29, 1.82) is 0 Å². The smallest absolute Gasteiger partial charge is 0.417 e. The van der Waals surface area contributed by atoms with Crippen LogP contribution in [0.2, 0.25) is 5.02 Å². The van der Waals surface area contributed by atoms with Crippen molar-refractivity contribution in [2.45, 2.75) is 25.4 Å². The highest BCUT2D eigenvalue weighted by Crippen LogP contribution is 2.38. The number of aromatic nitrogens is 3. The maximum atomic E-state index is 13.2. The van der Waals surface area contributed by atoms with E-state index in [-0.39, 0.29) is 5.69 Å². The van der Waals surface area contributed by atoms with Gasteiger partial charge in [-0.1, -0.05) is 22.9 Å². The Morgan fingerprint density at radius 3 is 2.52 bits per heavy atom. The number of thiazole rings is 1. The molecular weight excluding hydrogens is 643 g/mol. The van der Waals surface area contributed by atoms with Crippen LogP contribution in [-0.2, 0) is 6.18 Å². The number of methoxy groups -OCH3 is 1. The molecule has 5 aromatic rings. The Kier molecular flexibility index (Phi) is 9.29. The molecule has 0 atom stereocenters. The van der Waals surface area contributed by atoms with Crippen LogP contribution < -0.4 is 25.4 Å². The first-order chi connectivity index (χ1) is 22.2. The molecule has 0 aliphatic carbocycles. The third-order valence-corrected chi connectivity index (χ3v) is 8.66. The van der Waals surface area contributed by atoms with Crippen molar-refractivity contribution in [1.82, 2.24) is 19.9 Å². The van der Waals surface area contributed by atoms with Crippen LogP contribution in [0.3, 0.4) is 0 Å². The molecule has 15 heteroatoms. The van der Waals surface area contributed by atoms with Crippen LogP contribution in [-0.4, -0.2) is 59.2 Å². The van der Waals surface area contributed by atoms with Gasteiger partial charge in [0.15, 0.2) is 16.6 Å². The summed E-state index contributed by atoms with van der Waals surface area (Å²) in [5.74, 6) is 1.72. The molecule has 2 aromatic heterocycles. The zero-order valence-corrected chi connectivity index (χ0v) is 26.2. The van der Waals surface area contributed by atoms with Crippen LogP contribution in [0, 0.1) is 0 Å². The van der Waals surface area contributed by atoms with Crippen LogP contribution in [0.15, 0.2) is 54.9 Å². The molecule has 0 bridgehead atoms. The summed E-state index contributed by atoms with van der Waals surface area (Å²) in [4.78, 5) is 28.5. The predicted octanol–water partition coefficient (Wildman–Crippen LogP) is 8.17. The molecule has 1 aliphatic heterocycles. The van der Waals surface area contributed by atoms with Gasteiger partial charge in [-0.25, -0.2) is 19.7 Å². The van der Waals surface area contributed by atoms with E-state index in [0.717, 1.165) is 48.3 Å². The van der Waals surface area contributed by atoms with Crippen LogP contribution in [0.5, 0.6) is 11.5 Å². The number of halogens is 4. The van der Waals surface area contributed by atoms with Crippen LogP contribution >= 0.6 is 22.9 Å². The van der Waals surface area contributed by atoms with Crippen molar-refractivity contribution >= 4 is 72.4 Å². The van der Waals surface area contributed by atoms with Gasteiger partial charge in [0.1, 0.15) is 12.1 Å². The predicted molar refractivity (Wildman–Crippen MR) is 174 cm³/mol. The lowest BCUT2D eigenvalue weighted by Crippen LogP contribution is -2.21. The number of carbonyl (C=O) groups excluding carboxylic acids is 1. The molecular formula is C31H29ClF3N7O3S. The number of benzene rings is 3. The lowest BCUT2D eigenvalue weighted by Gasteiger charge is -2.16. The highest BCUT2D eigenvalue weighted by molar-refractivity contribution is 7.22. The van der Waals surface area contributed by atoms with Crippen molar-refractivity contribution in [3.63, 3.8) is 0 Å². The number of likely N-dealkylation sites (tertiary alicyclic amines) is 1. The van der Waals surface area contributed by atoms with Crippen LogP contribution in [0.1, 0.15) is 24.8 Å². The molecule has 1 saturated heterocycles. The summed E-state index contributed by atoms with van der Waals surface area (Å²) in [6.07, 6.45) is 0.209. The fourth-order valence-electron chi connectivity index (χ4n) is 5.18. The molecule has 3 N–H and O–H groups in total. The van der Waals surface area contributed by atoms with Crippen molar-refractivity contribution in [2.24, 2.45) is 0 Å². The third-order valence-electron chi connectivity index (χ3n) is 7.40. The summed E-state index contributed by atoms with van der Waals surface area (Å²) < 4.78 is 52.0. The number of rotatable bonds is 10. The van der Waals surface area contributed by atoms with Gasteiger partial charge in [0.2, 0.25) is 0 Å². The number of amides is 2. The molecule has 2 amide bonds. The quantitative estimate of drug-likeness (QED) is 0.127.